The van der Waals surface area contributed by atoms with Crippen LogP contribution in [0.5, 0.6) is 0 Å². The molecule has 35 heavy (non-hydrogen) atoms. The maximum atomic E-state index is 13.7. The van der Waals surface area contributed by atoms with Gasteiger partial charge in [0.05, 0.1) is 5.92 Å². The normalized spacial score (nSPS) is 20.5. The average Bonchev–Trinajstić information content (AvgIpc) is 3.25. The summed E-state index contributed by atoms with van der Waals surface area (Å²) in [5.41, 5.74) is 2.42. The summed E-state index contributed by atoms with van der Waals surface area (Å²) in [5, 5.41) is 3.94. The van der Waals surface area contributed by atoms with Crippen LogP contribution in [0, 0.1) is 19.8 Å². The number of hydrogen-bond acceptors (Lipinski definition) is 6. The largest absolute Gasteiger partial charge is 0.355 e. The summed E-state index contributed by atoms with van der Waals surface area (Å²) >= 11 is 0. The third-order valence-corrected chi connectivity index (χ3v) is 8.92. The predicted molar refractivity (Wildman–Crippen MR) is 136 cm³/mol. The first-order chi connectivity index (χ1) is 16.8. The van der Waals surface area contributed by atoms with Crippen LogP contribution in [0.15, 0.2) is 33.7 Å². The quantitative estimate of drug-likeness (QED) is 0.579. The minimum absolute atomic E-state index is 0.0718. The number of piperazine rings is 1. The summed E-state index contributed by atoms with van der Waals surface area (Å²) in [4.78, 5) is 17.6. The number of benzene rings is 1. The summed E-state index contributed by atoms with van der Waals surface area (Å²) in [6, 6.07) is 7.92. The van der Waals surface area contributed by atoms with Crippen LogP contribution >= 0.6 is 0 Å². The van der Waals surface area contributed by atoms with Crippen molar-refractivity contribution in [2.75, 3.05) is 45.8 Å². The van der Waals surface area contributed by atoms with Gasteiger partial charge in [-0.05, 0) is 51.3 Å². The summed E-state index contributed by atoms with van der Waals surface area (Å²) < 4.78 is 34.2. The lowest BCUT2D eigenvalue weighted by molar-refractivity contribution is -0.138. The Morgan fingerprint density at radius 3 is 2.49 bits per heavy atom. The highest BCUT2D eigenvalue weighted by Crippen LogP contribution is 2.30. The topological polar surface area (TPSA) is 87.0 Å². The van der Waals surface area contributed by atoms with Gasteiger partial charge in [-0.3, -0.25) is 9.69 Å². The van der Waals surface area contributed by atoms with E-state index in [0.717, 1.165) is 37.2 Å². The van der Waals surface area contributed by atoms with Crippen molar-refractivity contribution in [2.24, 2.45) is 5.92 Å². The maximum absolute atomic E-state index is 13.7. The van der Waals surface area contributed by atoms with Gasteiger partial charge in [-0.2, -0.15) is 4.31 Å². The molecule has 1 aromatic carbocycles. The van der Waals surface area contributed by atoms with Gasteiger partial charge in [0.15, 0.2) is 10.7 Å². The SMILES string of the molecule is CCCN1CCN(C(=O)C2CCCN(S(=O)(=O)c3c(C)noc3/C=C/c3ccc(C)cc3)C2)CC1. The standard InChI is InChI=1S/C26H36N4O4S/c1-4-13-28-15-17-29(18-16-28)26(31)23-6-5-14-30(19-23)35(32,33)25-21(3)27-34-24(25)12-11-22-9-7-20(2)8-10-22/h7-12,23H,4-6,13-19H2,1-3H3/b12-11+. The van der Waals surface area contributed by atoms with Crippen LogP contribution in [0.25, 0.3) is 12.2 Å². The molecular formula is C26H36N4O4S. The Labute approximate surface area is 208 Å². The molecule has 1 aromatic heterocycles. The van der Waals surface area contributed by atoms with Gasteiger partial charge >= 0.3 is 0 Å². The molecule has 190 valence electrons. The van der Waals surface area contributed by atoms with Crippen molar-refractivity contribution in [1.29, 1.82) is 0 Å². The first kappa shape index (κ1) is 25.6. The lowest BCUT2D eigenvalue weighted by atomic mass is 9.98. The van der Waals surface area contributed by atoms with Crippen molar-refractivity contribution < 1.29 is 17.7 Å². The van der Waals surface area contributed by atoms with Crippen LogP contribution in [0.4, 0.5) is 0 Å². The van der Waals surface area contributed by atoms with Gasteiger partial charge in [0.2, 0.25) is 15.9 Å². The fraction of sp³-hybridized carbons (Fsp3) is 0.538. The zero-order chi connectivity index (χ0) is 25.0. The molecule has 2 saturated heterocycles. The number of piperidine rings is 1. The molecule has 9 heteroatoms. The van der Waals surface area contributed by atoms with Gasteiger partial charge in [-0.1, -0.05) is 48.0 Å². The van der Waals surface area contributed by atoms with Crippen molar-refractivity contribution in [2.45, 2.75) is 44.9 Å². The fourth-order valence-electron chi connectivity index (χ4n) is 4.91. The smallest absolute Gasteiger partial charge is 0.248 e. The average molecular weight is 501 g/mol. The third-order valence-electron chi connectivity index (χ3n) is 6.89. The lowest BCUT2D eigenvalue weighted by Gasteiger charge is -2.38. The molecule has 3 heterocycles. The molecule has 0 aliphatic carbocycles. The number of amides is 1. The number of sulfonamides is 1. The molecule has 1 atom stereocenters. The Hall–Kier alpha value is -2.49. The van der Waals surface area contributed by atoms with Crippen LogP contribution in [0.3, 0.4) is 0 Å². The Morgan fingerprint density at radius 1 is 1.09 bits per heavy atom. The molecule has 2 aromatic rings. The van der Waals surface area contributed by atoms with Crippen molar-refractivity contribution in [3.05, 3.63) is 46.8 Å². The van der Waals surface area contributed by atoms with E-state index in [1.807, 2.05) is 42.2 Å². The van der Waals surface area contributed by atoms with E-state index in [2.05, 4.69) is 17.0 Å². The lowest BCUT2D eigenvalue weighted by Crippen LogP contribution is -2.53. The Morgan fingerprint density at radius 2 is 1.80 bits per heavy atom. The molecule has 2 aliphatic heterocycles. The number of aryl methyl sites for hydroxylation is 2. The monoisotopic (exact) mass is 500 g/mol. The fourth-order valence-corrected chi connectivity index (χ4v) is 6.68. The molecule has 2 aliphatic rings. The van der Waals surface area contributed by atoms with Crippen LogP contribution in [0.2, 0.25) is 0 Å². The number of carbonyl (C=O) groups excluding carboxylic acids is 1. The van der Waals surface area contributed by atoms with Crippen LogP contribution < -0.4 is 0 Å². The number of nitrogens with zero attached hydrogens (tertiary/aromatic N) is 4. The van der Waals surface area contributed by atoms with E-state index >= 15 is 0 Å². The number of aromatic nitrogens is 1. The summed E-state index contributed by atoms with van der Waals surface area (Å²) in [7, 11) is -3.86. The molecule has 4 rings (SSSR count). The van der Waals surface area contributed by atoms with Crippen molar-refractivity contribution >= 4 is 28.1 Å². The molecular weight excluding hydrogens is 464 g/mol. The zero-order valence-electron chi connectivity index (χ0n) is 20.9. The highest BCUT2D eigenvalue weighted by Gasteiger charge is 2.38. The summed E-state index contributed by atoms with van der Waals surface area (Å²) in [6.07, 6.45) is 5.94. The second-order valence-corrected chi connectivity index (χ2v) is 11.4. The first-order valence-corrected chi connectivity index (χ1v) is 14.0. The molecule has 0 saturated carbocycles. The van der Waals surface area contributed by atoms with E-state index in [1.54, 1.807) is 13.0 Å². The molecule has 0 radical (unpaired) electrons. The second kappa shape index (κ2) is 11.1. The van der Waals surface area contributed by atoms with E-state index in [9.17, 15) is 13.2 Å². The van der Waals surface area contributed by atoms with Crippen LogP contribution in [0.1, 0.15) is 48.8 Å². The highest BCUT2D eigenvalue weighted by molar-refractivity contribution is 7.89. The minimum Gasteiger partial charge on any atom is -0.355 e. The highest BCUT2D eigenvalue weighted by atomic mass is 32.2. The Kier molecular flexibility index (Phi) is 8.09. The molecule has 0 bridgehead atoms. The number of rotatable bonds is 7. The van der Waals surface area contributed by atoms with Gasteiger partial charge in [-0.15, -0.1) is 0 Å². The predicted octanol–water partition coefficient (Wildman–Crippen LogP) is 3.42. The van der Waals surface area contributed by atoms with E-state index in [1.165, 1.54) is 4.31 Å². The van der Waals surface area contributed by atoms with Gasteiger partial charge in [0.25, 0.3) is 0 Å². The summed E-state index contributed by atoms with van der Waals surface area (Å²) in [6.45, 7) is 10.6. The van der Waals surface area contributed by atoms with E-state index in [0.29, 0.717) is 38.2 Å². The minimum atomic E-state index is -3.86. The van der Waals surface area contributed by atoms with Crippen molar-refractivity contribution in [1.82, 2.24) is 19.3 Å². The molecule has 2 fully saturated rings. The van der Waals surface area contributed by atoms with Crippen molar-refractivity contribution in [3.63, 3.8) is 0 Å². The zero-order valence-corrected chi connectivity index (χ0v) is 21.8. The summed E-state index contributed by atoms with van der Waals surface area (Å²) in [5.74, 6) is -0.0332. The molecule has 1 unspecified atom stereocenters. The van der Waals surface area contributed by atoms with Gasteiger partial charge in [0, 0.05) is 39.3 Å². The van der Waals surface area contributed by atoms with Gasteiger partial charge < -0.3 is 9.42 Å². The molecule has 0 spiro atoms. The Balaban J connectivity index is 1.47. The van der Waals surface area contributed by atoms with Gasteiger partial charge in [-0.25, -0.2) is 8.42 Å². The van der Waals surface area contributed by atoms with Crippen molar-refractivity contribution in [3.8, 4) is 0 Å². The second-order valence-electron chi connectivity index (χ2n) is 9.57. The van der Waals surface area contributed by atoms with Gasteiger partial charge in [0.1, 0.15) is 5.69 Å². The van der Waals surface area contributed by atoms with Crippen LogP contribution in [-0.2, 0) is 14.8 Å². The molecule has 8 nitrogen and oxygen atoms in total. The van der Waals surface area contributed by atoms with E-state index in [4.69, 9.17) is 4.52 Å². The van der Waals surface area contributed by atoms with Crippen LogP contribution in [-0.4, -0.2) is 79.4 Å². The Bertz CT molecular complexity index is 1150. The molecule has 0 N–H and O–H groups in total. The maximum Gasteiger partial charge on any atom is 0.248 e. The van der Waals surface area contributed by atoms with E-state index in [-0.39, 0.29) is 29.0 Å². The number of carbonyl (C=O) groups is 1. The number of hydrogen-bond donors (Lipinski definition) is 0. The third kappa shape index (κ3) is 5.85. The molecule has 1 amide bonds. The first-order valence-electron chi connectivity index (χ1n) is 12.5. The van der Waals surface area contributed by atoms with E-state index < -0.39 is 10.0 Å².